The number of hydrogen-bond acceptors (Lipinski definition) is 10. The number of halogens is 1. The topological polar surface area (TPSA) is 170 Å². The van der Waals surface area contributed by atoms with Crippen LogP contribution in [0.2, 0.25) is 5.02 Å². The second-order valence-corrected chi connectivity index (χ2v) is 17.8. The van der Waals surface area contributed by atoms with Crippen LogP contribution in [0.5, 0.6) is 11.5 Å². The van der Waals surface area contributed by atoms with Crippen LogP contribution >= 0.6 is 11.6 Å². The molecule has 1 aliphatic heterocycles. The Hall–Kier alpha value is -4.80. The van der Waals surface area contributed by atoms with Gasteiger partial charge >= 0.3 is 0 Å². The van der Waals surface area contributed by atoms with E-state index in [1.54, 1.807) is 19.1 Å². The zero-order valence-electron chi connectivity index (χ0n) is 31.6. The standard InChI is InChI=1S/C40H45ClN6O7S2/c1-5-47(21-22-48)29-16-19-32(26(2)23-29)43-38(39-44-33-18-15-28(41)24-37(33)56(52,53)46(39)4)40(49)45-34-25-30(55(50,51)42-3)17-20-36(34)54-35-14-10-9-13-31(35)27-11-7-6-8-12-27/h9-10,13-20,23-25,27,42,48H,5-8,11-12,21-22H2,1-4H3,(H,45,49). The summed E-state index contributed by atoms with van der Waals surface area (Å²) in [6, 6.07) is 21.4. The summed E-state index contributed by atoms with van der Waals surface area (Å²) in [6.45, 7) is 4.77. The van der Waals surface area contributed by atoms with Crippen LogP contribution in [0.25, 0.3) is 0 Å². The highest BCUT2D eigenvalue weighted by Gasteiger charge is 2.37. The Bertz CT molecular complexity index is 2420. The number of aliphatic imine (C=N–C) groups is 2. The summed E-state index contributed by atoms with van der Waals surface area (Å²) >= 11 is 6.17. The van der Waals surface area contributed by atoms with Gasteiger partial charge in [0.15, 0.2) is 17.3 Å². The summed E-state index contributed by atoms with van der Waals surface area (Å²) in [4.78, 5) is 25.7. The summed E-state index contributed by atoms with van der Waals surface area (Å²) in [6.07, 6.45) is 5.40. The molecule has 4 aromatic rings. The van der Waals surface area contributed by atoms with Gasteiger partial charge in [-0.1, -0.05) is 49.1 Å². The minimum absolute atomic E-state index is 0.00114. The zero-order valence-corrected chi connectivity index (χ0v) is 34.0. The number of benzene rings is 4. The third-order valence-electron chi connectivity index (χ3n) is 10.0. The molecule has 4 aromatic carbocycles. The molecule has 1 fully saturated rings. The number of sulfonamides is 2. The molecule has 0 unspecified atom stereocenters. The van der Waals surface area contributed by atoms with Gasteiger partial charge in [-0.15, -0.1) is 0 Å². The number of carbonyl (C=O) groups excluding carboxylic acids is 1. The number of amidine groups is 1. The van der Waals surface area contributed by atoms with Crippen LogP contribution in [0.1, 0.15) is 56.1 Å². The number of para-hydroxylation sites is 1. The molecule has 6 rings (SSSR count). The number of ether oxygens (including phenoxy) is 1. The summed E-state index contributed by atoms with van der Waals surface area (Å²) in [5.74, 6) is -0.148. The third kappa shape index (κ3) is 8.61. The number of nitrogens with one attached hydrogen (secondary N) is 2. The molecule has 1 heterocycles. The molecule has 56 heavy (non-hydrogen) atoms. The third-order valence-corrected chi connectivity index (χ3v) is 13.4. The van der Waals surface area contributed by atoms with Crippen molar-refractivity contribution in [2.75, 3.05) is 44.0 Å². The number of hydrogen-bond donors (Lipinski definition) is 3. The molecule has 1 saturated carbocycles. The molecule has 0 bridgehead atoms. The first-order valence-electron chi connectivity index (χ1n) is 18.4. The van der Waals surface area contributed by atoms with Crippen molar-refractivity contribution in [1.82, 2.24) is 9.03 Å². The fourth-order valence-corrected chi connectivity index (χ4v) is 9.21. The van der Waals surface area contributed by atoms with E-state index in [-0.39, 0.29) is 56.0 Å². The molecule has 3 N–H and O–H groups in total. The largest absolute Gasteiger partial charge is 0.455 e. The SMILES string of the molecule is CCN(CCO)c1ccc(N=C(C(=O)Nc2cc(S(=O)(=O)NC)ccc2Oc2ccccc2C2CCCCC2)C2=Nc3ccc(Cl)cc3S(=O)(=O)N2C)c(C)c1. The highest BCUT2D eigenvalue weighted by Crippen LogP contribution is 2.41. The zero-order chi connectivity index (χ0) is 40.2. The minimum atomic E-state index is -4.25. The Morgan fingerprint density at radius 3 is 2.48 bits per heavy atom. The van der Waals surface area contributed by atoms with Crippen molar-refractivity contribution in [2.45, 2.75) is 61.7 Å². The normalized spacial score (nSPS) is 15.9. The van der Waals surface area contributed by atoms with E-state index in [1.165, 1.54) is 56.9 Å². The van der Waals surface area contributed by atoms with Gasteiger partial charge in [0.1, 0.15) is 10.6 Å². The van der Waals surface area contributed by atoms with Gasteiger partial charge in [0.05, 0.1) is 28.6 Å². The lowest BCUT2D eigenvalue weighted by atomic mass is 9.84. The average molecular weight is 821 g/mol. The molecule has 0 saturated heterocycles. The highest BCUT2D eigenvalue weighted by molar-refractivity contribution is 7.90. The van der Waals surface area contributed by atoms with Crippen molar-refractivity contribution < 1.29 is 31.5 Å². The molecular formula is C40H45ClN6O7S2. The van der Waals surface area contributed by atoms with Crippen molar-refractivity contribution in [3.05, 3.63) is 95.0 Å². The lowest BCUT2D eigenvalue weighted by molar-refractivity contribution is -0.110. The summed E-state index contributed by atoms with van der Waals surface area (Å²) in [5, 5.41) is 12.6. The molecule has 0 spiro atoms. The highest BCUT2D eigenvalue weighted by atomic mass is 35.5. The Labute approximate surface area is 333 Å². The average Bonchev–Trinajstić information content (AvgIpc) is 3.19. The summed E-state index contributed by atoms with van der Waals surface area (Å²) < 4.78 is 63.4. The molecule has 1 amide bonds. The fourth-order valence-electron chi connectivity index (χ4n) is 6.92. The molecule has 296 valence electrons. The summed E-state index contributed by atoms with van der Waals surface area (Å²) in [7, 11) is -5.68. The van der Waals surface area contributed by atoms with Crippen LogP contribution in [0.3, 0.4) is 0 Å². The fraction of sp³-hybridized carbons (Fsp3) is 0.325. The molecule has 1 aliphatic carbocycles. The molecule has 0 atom stereocenters. The van der Waals surface area contributed by atoms with E-state index in [1.807, 2.05) is 42.2 Å². The molecule has 13 nitrogen and oxygen atoms in total. The van der Waals surface area contributed by atoms with Gasteiger partial charge in [0, 0.05) is 30.8 Å². The van der Waals surface area contributed by atoms with Crippen molar-refractivity contribution in [2.24, 2.45) is 9.98 Å². The number of likely N-dealkylation sites (N-methyl/N-ethyl adjacent to an activating group) is 1. The number of amides is 1. The maximum absolute atomic E-state index is 14.7. The Morgan fingerprint density at radius 1 is 1.04 bits per heavy atom. The van der Waals surface area contributed by atoms with E-state index in [0.29, 0.717) is 30.1 Å². The van der Waals surface area contributed by atoms with Gasteiger partial charge in [-0.05, 0) is 111 Å². The number of aliphatic hydroxyl groups is 1. The van der Waals surface area contributed by atoms with Gasteiger partial charge < -0.3 is 20.1 Å². The molecule has 2 aliphatic rings. The minimum Gasteiger partial charge on any atom is -0.455 e. The van der Waals surface area contributed by atoms with E-state index < -0.39 is 26.0 Å². The van der Waals surface area contributed by atoms with Crippen LogP contribution in [-0.4, -0.2) is 77.5 Å². The second-order valence-electron chi connectivity index (χ2n) is 13.5. The number of aryl methyl sites for hydroxylation is 1. The number of carbonyl (C=O) groups is 1. The van der Waals surface area contributed by atoms with Crippen LogP contribution in [-0.2, 0) is 24.8 Å². The number of aliphatic hydroxyl groups excluding tert-OH is 1. The predicted molar refractivity (Wildman–Crippen MR) is 220 cm³/mol. The van der Waals surface area contributed by atoms with E-state index in [0.717, 1.165) is 41.2 Å². The lowest BCUT2D eigenvalue weighted by Gasteiger charge is -2.27. The number of anilines is 2. The van der Waals surface area contributed by atoms with Crippen molar-refractivity contribution in [3.63, 3.8) is 0 Å². The number of nitrogens with zero attached hydrogens (tertiary/aromatic N) is 4. The first kappa shape index (κ1) is 40.9. The van der Waals surface area contributed by atoms with Crippen LogP contribution < -0.4 is 19.7 Å². The number of fused-ring (bicyclic) bond motifs is 1. The van der Waals surface area contributed by atoms with Gasteiger partial charge in [-0.25, -0.2) is 31.5 Å². The van der Waals surface area contributed by atoms with Crippen molar-refractivity contribution in [3.8, 4) is 11.5 Å². The molecule has 0 aromatic heterocycles. The Morgan fingerprint density at radius 2 is 1.79 bits per heavy atom. The molecule has 16 heteroatoms. The Balaban J connectivity index is 1.48. The van der Waals surface area contributed by atoms with Crippen LogP contribution in [0, 0.1) is 6.92 Å². The van der Waals surface area contributed by atoms with Crippen LogP contribution in [0.4, 0.5) is 22.7 Å². The van der Waals surface area contributed by atoms with Gasteiger partial charge in [-0.3, -0.25) is 9.10 Å². The van der Waals surface area contributed by atoms with E-state index >= 15 is 0 Å². The lowest BCUT2D eigenvalue weighted by Crippen LogP contribution is -2.44. The molecule has 0 radical (unpaired) electrons. The van der Waals surface area contributed by atoms with Gasteiger partial charge in [0.25, 0.3) is 15.9 Å². The van der Waals surface area contributed by atoms with Crippen LogP contribution in [0.15, 0.2) is 98.6 Å². The van der Waals surface area contributed by atoms with Crippen molar-refractivity contribution in [1.29, 1.82) is 0 Å². The smallest absolute Gasteiger partial charge is 0.278 e. The van der Waals surface area contributed by atoms with E-state index in [2.05, 4.69) is 15.0 Å². The van der Waals surface area contributed by atoms with Gasteiger partial charge in [-0.2, -0.15) is 0 Å². The van der Waals surface area contributed by atoms with Gasteiger partial charge in [0.2, 0.25) is 10.0 Å². The monoisotopic (exact) mass is 820 g/mol. The maximum Gasteiger partial charge on any atom is 0.278 e. The molecular weight excluding hydrogens is 776 g/mol. The predicted octanol–water partition coefficient (Wildman–Crippen LogP) is 7.29. The van der Waals surface area contributed by atoms with E-state index in [4.69, 9.17) is 21.3 Å². The Kier molecular flexibility index (Phi) is 12.5. The first-order valence-corrected chi connectivity index (χ1v) is 21.7. The first-order chi connectivity index (χ1) is 26.8. The van der Waals surface area contributed by atoms with E-state index in [9.17, 15) is 26.7 Å². The summed E-state index contributed by atoms with van der Waals surface area (Å²) in [5.41, 5.74) is 2.53. The second kappa shape index (κ2) is 17.1. The number of rotatable bonds is 13. The van der Waals surface area contributed by atoms with Crippen molar-refractivity contribution >= 4 is 71.9 Å². The maximum atomic E-state index is 14.7. The quantitative estimate of drug-likeness (QED) is 0.118.